The number of amides is 1. The van der Waals surface area contributed by atoms with Crippen LogP contribution < -0.4 is 11.1 Å². The average Bonchev–Trinajstić information content (AvgIpc) is 3.26. The van der Waals surface area contributed by atoms with Gasteiger partial charge in [0.15, 0.2) is 5.13 Å². The maximum atomic E-state index is 13.2. The zero-order chi connectivity index (χ0) is 22.5. The molecule has 160 valence electrons. The summed E-state index contributed by atoms with van der Waals surface area (Å²) in [6.07, 6.45) is 0. The fraction of sp³-hybridized carbons (Fsp3) is 0.0435. The molecule has 7 nitrogen and oxygen atoms in total. The number of carbonyl (C=O) groups is 1. The number of nitro benzene ring substituents is 1. The maximum Gasteiger partial charge on any atom is 0.270 e. The summed E-state index contributed by atoms with van der Waals surface area (Å²) in [5, 5.41) is 15.6. The molecule has 0 radical (unpaired) electrons. The highest BCUT2D eigenvalue weighted by Crippen LogP contribution is 2.37. The van der Waals surface area contributed by atoms with Crippen molar-refractivity contribution in [3.8, 4) is 11.3 Å². The lowest BCUT2D eigenvalue weighted by atomic mass is 10.1. The summed E-state index contributed by atoms with van der Waals surface area (Å²) in [4.78, 5) is 29.1. The molecule has 0 fully saturated rings. The van der Waals surface area contributed by atoms with E-state index in [2.05, 4.69) is 10.3 Å². The van der Waals surface area contributed by atoms with E-state index in [1.165, 1.54) is 35.2 Å². The Balaban J connectivity index is 1.56. The molecule has 0 saturated heterocycles. The number of nitrogens with zero attached hydrogens (tertiary/aromatic N) is 2. The van der Waals surface area contributed by atoms with E-state index in [-0.39, 0.29) is 11.6 Å². The van der Waals surface area contributed by atoms with Crippen molar-refractivity contribution in [2.45, 2.75) is 10.1 Å². The smallest absolute Gasteiger partial charge is 0.270 e. The number of nitrogens with two attached hydrogens (primary N) is 1. The molecule has 3 aromatic carbocycles. The Hall–Kier alpha value is -3.69. The fourth-order valence-electron chi connectivity index (χ4n) is 3.04. The standard InChI is InChI=1S/C23H18N4O3S2/c24-17-9-5-11-19(13-17)32-21(15-6-2-1-3-7-15)22(28)26-23-25-20(14-31-23)16-8-4-10-18(12-16)27(29)30/h1-14,21H,24H2,(H,25,26,28). The molecule has 3 N–H and O–H groups in total. The van der Waals surface area contributed by atoms with Crippen molar-refractivity contribution in [3.63, 3.8) is 0 Å². The molecule has 1 heterocycles. The van der Waals surface area contributed by atoms with Crippen molar-refractivity contribution < 1.29 is 9.72 Å². The second kappa shape index (κ2) is 9.63. The highest BCUT2D eigenvalue weighted by atomic mass is 32.2. The van der Waals surface area contributed by atoms with Crippen molar-refractivity contribution in [2.75, 3.05) is 11.1 Å². The summed E-state index contributed by atoms with van der Waals surface area (Å²) < 4.78 is 0. The summed E-state index contributed by atoms with van der Waals surface area (Å²) in [7, 11) is 0. The van der Waals surface area contributed by atoms with Crippen LogP contribution in [0.2, 0.25) is 0 Å². The second-order valence-electron chi connectivity index (χ2n) is 6.82. The van der Waals surface area contributed by atoms with Crippen molar-refractivity contribution >= 4 is 45.5 Å². The summed E-state index contributed by atoms with van der Waals surface area (Å²) in [6, 6.07) is 23.1. The number of non-ortho nitro benzene ring substituents is 1. The summed E-state index contributed by atoms with van der Waals surface area (Å²) in [5.41, 5.74) is 8.55. The molecule has 0 aliphatic carbocycles. The van der Waals surface area contributed by atoms with Crippen LogP contribution in [0, 0.1) is 10.1 Å². The zero-order valence-electron chi connectivity index (χ0n) is 16.7. The van der Waals surface area contributed by atoms with E-state index in [9.17, 15) is 14.9 Å². The monoisotopic (exact) mass is 462 g/mol. The minimum absolute atomic E-state index is 0.0104. The molecule has 1 atom stereocenters. The predicted molar refractivity (Wildman–Crippen MR) is 129 cm³/mol. The van der Waals surface area contributed by atoms with Crippen LogP contribution in [0.25, 0.3) is 11.3 Å². The van der Waals surface area contributed by atoms with Crippen LogP contribution in [0.5, 0.6) is 0 Å². The maximum absolute atomic E-state index is 13.2. The van der Waals surface area contributed by atoms with Crippen LogP contribution in [-0.4, -0.2) is 15.8 Å². The van der Waals surface area contributed by atoms with Crippen LogP contribution in [0.1, 0.15) is 10.8 Å². The van der Waals surface area contributed by atoms with Gasteiger partial charge >= 0.3 is 0 Å². The molecule has 1 aromatic heterocycles. The zero-order valence-corrected chi connectivity index (χ0v) is 18.3. The van der Waals surface area contributed by atoms with Crippen LogP contribution >= 0.6 is 23.1 Å². The van der Waals surface area contributed by atoms with Gasteiger partial charge in [0.2, 0.25) is 5.91 Å². The number of thioether (sulfide) groups is 1. The van der Waals surface area contributed by atoms with Gasteiger partial charge in [-0.1, -0.05) is 48.5 Å². The number of aromatic nitrogens is 1. The molecule has 0 aliphatic heterocycles. The van der Waals surface area contributed by atoms with Gasteiger partial charge in [-0.15, -0.1) is 23.1 Å². The lowest BCUT2D eigenvalue weighted by Crippen LogP contribution is -2.19. The van der Waals surface area contributed by atoms with E-state index < -0.39 is 10.2 Å². The van der Waals surface area contributed by atoms with Crippen LogP contribution in [0.3, 0.4) is 0 Å². The van der Waals surface area contributed by atoms with Crippen LogP contribution in [0.15, 0.2) is 89.1 Å². The van der Waals surface area contributed by atoms with Crippen molar-refractivity contribution in [1.29, 1.82) is 0 Å². The van der Waals surface area contributed by atoms with Gasteiger partial charge in [0.05, 0.1) is 10.6 Å². The Kier molecular flexibility index (Phi) is 6.48. The first-order chi connectivity index (χ1) is 15.5. The Morgan fingerprint density at radius 3 is 2.59 bits per heavy atom. The quantitative estimate of drug-likeness (QED) is 0.156. The van der Waals surface area contributed by atoms with Crippen LogP contribution in [0.4, 0.5) is 16.5 Å². The highest BCUT2D eigenvalue weighted by Gasteiger charge is 2.23. The Labute approximate surface area is 192 Å². The van der Waals surface area contributed by atoms with Gasteiger partial charge in [0.25, 0.3) is 5.69 Å². The van der Waals surface area contributed by atoms with E-state index in [1.54, 1.807) is 23.6 Å². The van der Waals surface area contributed by atoms with Gasteiger partial charge in [-0.2, -0.15) is 0 Å². The molecule has 1 unspecified atom stereocenters. The van der Waals surface area contributed by atoms with Gasteiger partial charge in [0.1, 0.15) is 5.25 Å². The average molecular weight is 463 g/mol. The number of hydrogen-bond donors (Lipinski definition) is 2. The highest BCUT2D eigenvalue weighted by molar-refractivity contribution is 8.00. The lowest BCUT2D eigenvalue weighted by molar-refractivity contribution is -0.384. The third-order valence-corrected chi connectivity index (χ3v) is 6.55. The van der Waals surface area contributed by atoms with Gasteiger partial charge in [0, 0.05) is 33.7 Å². The molecule has 4 rings (SSSR count). The lowest BCUT2D eigenvalue weighted by Gasteiger charge is -2.16. The molecular formula is C23H18N4O3S2. The molecule has 32 heavy (non-hydrogen) atoms. The number of nitro groups is 1. The van der Waals surface area contributed by atoms with Gasteiger partial charge in [-0.25, -0.2) is 4.98 Å². The second-order valence-corrected chi connectivity index (χ2v) is 8.85. The largest absolute Gasteiger partial charge is 0.399 e. The first-order valence-corrected chi connectivity index (χ1v) is 11.3. The SMILES string of the molecule is Nc1cccc(SC(C(=O)Nc2nc(-c3cccc([N+](=O)[O-])c3)cs2)c2ccccc2)c1. The molecule has 4 aromatic rings. The topological polar surface area (TPSA) is 111 Å². The first kappa shape index (κ1) is 21.5. The van der Waals surface area contributed by atoms with E-state index in [0.29, 0.717) is 22.1 Å². The molecule has 1 amide bonds. The number of hydrogen-bond acceptors (Lipinski definition) is 7. The number of nitrogens with one attached hydrogen (secondary N) is 1. The minimum Gasteiger partial charge on any atom is -0.399 e. The Bertz CT molecular complexity index is 1260. The van der Waals surface area contributed by atoms with E-state index in [1.807, 2.05) is 48.5 Å². The number of anilines is 2. The third kappa shape index (κ3) is 5.13. The van der Waals surface area contributed by atoms with E-state index in [4.69, 9.17) is 5.73 Å². The predicted octanol–water partition coefficient (Wildman–Crippen LogP) is 5.77. The van der Waals surface area contributed by atoms with E-state index in [0.717, 1.165) is 10.5 Å². The minimum atomic E-state index is -0.511. The van der Waals surface area contributed by atoms with Crippen molar-refractivity contribution in [2.24, 2.45) is 0 Å². The normalized spacial score (nSPS) is 11.6. The number of rotatable bonds is 7. The Morgan fingerprint density at radius 1 is 1.06 bits per heavy atom. The number of thiazole rings is 1. The Morgan fingerprint density at radius 2 is 1.84 bits per heavy atom. The van der Waals surface area contributed by atoms with Crippen molar-refractivity contribution in [3.05, 3.63) is 99.9 Å². The first-order valence-electron chi connectivity index (χ1n) is 9.58. The molecular weight excluding hydrogens is 444 g/mol. The molecule has 0 spiro atoms. The third-order valence-electron chi connectivity index (χ3n) is 4.54. The molecule has 0 aliphatic rings. The van der Waals surface area contributed by atoms with Gasteiger partial charge < -0.3 is 11.1 Å². The molecule has 0 bridgehead atoms. The van der Waals surface area contributed by atoms with E-state index >= 15 is 0 Å². The summed E-state index contributed by atoms with van der Waals surface area (Å²) >= 11 is 2.67. The molecule has 0 saturated carbocycles. The van der Waals surface area contributed by atoms with Gasteiger partial charge in [-0.05, 0) is 23.8 Å². The number of nitrogen functional groups attached to an aromatic ring is 1. The molecule has 9 heteroatoms. The van der Waals surface area contributed by atoms with Crippen LogP contribution in [-0.2, 0) is 4.79 Å². The summed E-state index contributed by atoms with van der Waals surface area (Å²) in [6.45, 7) is 0. The fourth-order valence-corrected chi connectivity index (χ4v) is 4.85. The number of carbonyl (C=O) groups excluding carboxylic acids is 1. The number of benzene rings is 3. The van der Waals surface area contributed by atoms with Crippen molar-refractivity contribution in [1.82, 2.24) is 4.98 Å². The summed E-state index contributed by atoms with van der Waals surface area (Å²) in [5.74, 6) is -0.219. The van der Waals surface area contributed by atoms with Gasteiger partial charge in [-0.3, -0.25) is 14.9 Å².